The Morgan fingerprint density at radius 3 is 2.33 bits per heavy atom. The van der Waals surface area contributed by atoms with E-state index in [1.165, 1.54) is 0 Å². The molecule has 2 aromatic carbocycles. The summed E-state index contributed by atoms with van der Waals surface area (Å²) >= 11 is 0. The van der Waals surface area contributed by atoms with E-state index in [1.54, 1.807) is 0 Å². The summed E-state index contributed by atoms with van der Waals surface area (Å²) in [6.45, 7) is 2.47. The molecule has 2 aromatic rings. The van der Waals surface area contributed by atoms with Gasteiger partial charge < -0.3 is 21.5 Å². The molecular formula is C19H25N3O2. The molecule has 0 radical (unpaired) electrons. The first-order valence-electron chi connectivity index (χ1n) is 8.19. The molecule has 0 saturated carbocycles. The fraction of sp³-hybridized carbons (Fsp3) is 0.316. The minimum absolute atomic E-state index is 0.118. The maximum atomic E-state index is 12.0. The molecule has 0 heterocycles. The Morgan fingerprint density at radius 1 is 1.08 bits per heavy atom. The van der Waals surface area contributed by atoms with Crippen LogP contribution in [0.3, 0.4) is 0 Å². The maximum absolute atomic E-state index is 12.0. The molecule has 0 bridgehead atoms. The lowest BCUT2D eigenvalue weighted by Crippen LogP contribution is -2.41. The van der Waals surface area contributed by atoms with Crippen LogP contribution in [0, 0.1) is 0 Å². The van der Waals surface area contributed by atoms with E-state index in [-0.39, 0.29) is 11.9 Å². The average molecular weight is 327 g/mol. The first kappa shape index (κ1) is 18.0. The number of benzene rings is 2. The van der Waals surface area contributed by atoms with Gasteiger partial charge in [-0.05, 0) is 56.1 Å². The van der Waals surface area contributed by atoms with Crippen LogP contribution in [0.5, 0.6) is 11.5 Å². The Kier molecular flexibility index (Phi) is 6.78. The molecule has 128 valence electrons. The summed E-state index contributed by atoms with van der Waals surface area (Å²) in [6.07, 6.45) is 1.34. The van der Waals surface area contributed by atoms with Crippen LogP contribution >= 0.6 is 0 Å². The molecule has 24 heavy (non-hydrogen) atoms. The highest BCUT2D eigenvalue weighted by molar-refractivity contribution is 5.81. The van der Waals surface area contributed by atoms with Crippen LogP contribution in [0.15, 0.2) is 54.6 Å². The van der Waals surface area contributed by atoms with Crippen molar-refractivity contribution in [3.63, 3.8) is 0 Å². The van der Waals surface area contributed by atoms with E-state index in [1.807, 2.05) is 61.5 Å². The second-order valence-electron chi connectivity index (χ2n) is 5.75. The Labute approximate surface area is 143 Å². The molecule has 0 fully saturated rings. The highest BCUT2D eigenvalue weighted by Crippen LogP contribution is 2.23. The molecule has 0 spiro atoms. The number of carbonyl (C=O) groups is 1. The number of amides is 1. The van der Waals surface area contributed by atoms with Gasteiger partial charge in [-0.3, -0.25) is 4.79 Å². The predicted molar refractivity (Wildman–Crippen MR) is 95.8 cm³/mol. The summed E-state index contributed by atoms with van der Waals surface area (Å²) in [5, 5.41) is 2.93. The summed E-state index contributed by atoms with van der Waals surface area (Å²) in [5.74, 6) is 1.39. The van der Waals surface area contributed by atoms with Gasteiger partial charge in [0.25, 0.3) is 0 Å². The van der Waals surface area contributed by atoms with E-state index in [4.69, 9.17) is 16.2 Å². The second kappa shape index (κ2) is 9.05. The molecule has 1 unspecified atom stereocenters. The zero-order chi connectivity index (χ0) is 17.4. The standard InChI is InChI=1S/C19H25N3O2/c1-14(22-19(23)18(21)8-5-13-20)15-9-11-17(12-10-15)24-16-6-3-2-4-7-16/h2-4,6-7,9-12,14,18H,5,8,13,20-21H2,1H3,(H,22,23)/t14?,18-/m0/s1. The summed E-state index contributed by atoms with van der Waals surface area (Å²) in [5.41, 5.74) is 12.3. The normalized spacial score (nSPS) is 13.1. The molecular weight excluding hydrogens is 302 g/mol. The molecule has 0 saturated heterocycles. The summed E-state index contributed by atoms with van der Waals surface area (Å²) < 4.78 is 5.76. The van der Waals surface area contributed by atoms with Crippen molar-refractivity contribution in [2.45, 2.75) is 31.8 Å². The van der Waals surface area contributed by atoms with Crippen LogP contribution in [0.2, 0.25) is 0 Å². The number of nitrogens with two attached hydrogens (primary N) is 2. The van der Waals surface area contributed by atoms with Gasteiger partial charge in [-0.2, -0.15) is 0 Å². The zero-order valence-corrected chi connectivity index (χ0v) is 13.9. The average Bonchev–Trinajstić information content (AvgIpc) is 2.61. The summed E-state index contributed by atoms with van der Waals surface area (Å²) in [4.78, 5) is 12.0. The third-order valence-corrected chi connectivity index (χ3v) is 3.77. The molecule has 0 aromatic heterocycles. The number of hydrogen-bond acceptors (Lipinski definition) is 4. The first-order valence-corrected chi connectivity index (χ1v) is 8.19. The summed E-state index contributed by atoms with van der Waals surface area (Å²) in [6, 6.07) is 16.6. The van der Waals surface area contributed by atoms with E-state index in [2.05, 4.69) is 5.32 Å². The monoisotopic (exact) mass is 327 g/mol. The molecule has 2 rings (SSSR count). The van der Waals surface area contributed by atoms with Crippen molar-refractivity contribution in [3.8, 4) is 11.5 Å². The molecule has 5 heteroatoms. The van der Waals surface area contributed by atoms with Crippen LogP contribution in [-0.2, 0) is 4.79 Å². The molecule has 1 amide bonds. The first-order chi connectivity index (χ1) is 11.6. The topological polar surface area (TPSA) is 90.4 Å². The molecule has 5 nitrogen and oxygen atoms in total. The highest BCUT2D eigenvalue weighted by Gasteiger charge is 2.16. The third kappa shape index (κ3) is 5.37. The van der Waals surface area contributed by atoms with Crippen molar-refractivity contribution < 1.29 is 9.53 Å². The minimum atomic E-state index is -0.517. The van der Waals surface area contributed by atoms with Gasteiger partial charge in [0.2, 0.25) is 5.91 Å². The lowest BCUT2D eigenvalue weighted by atomic mass is 10.1. The number of hydrogen-bond donors (Lipinski definition) is 3. The molecule has 2 atom stereocenters. The van der Waals surface area contributed by atoms with E-state index in [0.29, 0.717) is 13.0 Å². The predicted octanol–water partition coefficient (Wildman–Crippen LogP) is 2.72. The molecule has 0 aliphatic heterocycles. The van der Waals surface area contributed by atoms with Gasteiger partial charge >= 0.3 is 0 Å². The van der Waals surface area contributed by atoms with Crippen molar-refractivity contribution in [1.82, 2.24) is 5.32 Å². The number of para-hydroxylation sites is 1. The Balaban J connectivity index is 1.91. The lowest BCUT2D eigenvalue weighted by Gasteiger charge is -2.18. The van der Waals surface area contributed by atoms with Gasteiger partial charge in [0, 0.05) is 0 Å². The fourth-order valence-electron chi connectivity index (χ4n) is 2.32. The quantitative estimate of drug-likeness (QED) is 0.695. The van der Waals surface area contributed by atoms with Gasteiger partial charge in [0.15, 0.2) is 0 Å². The Morgan fingerprint density at radius 2 is 1.71 bits per heavy atom. The minimum Gasteiger partial charge on any atom is -0.457 e. The van der Waals surface area contributed by atoms with Gasteiger partial charge in [-0.25, -0.2) is 0 Å². The number of carbonyl (C=O) groups excluding carboxylic acids is 1. The van der Waals surface area contributed by atoms with Crippen molar-refractivity contribution in [3.05, 3.63) is 60.2 Å². The van der Waals surface area contributed by atoms with Crippen molar-refractivity contribution in [2.75, 3.05) is 6.54 Å². The van der Waals surface area contributed by atoms with Gasteiger partial charge in [-0.1, -0.05) is 30.3 Å². The number of rotatable bonds is 8. The van der Waals surface area contributed by atoms with Gasteiger partial charge in [0.1, 0.15) is 11.5 Å². The molecule has 5 N–H and O–H groups in total. The molecule has 0 aliphatic carbocycles. The van der Waals surface area contributed by atoms with E-state index in [0.717, 1.165) is 23.5 Å². The van der Waals surface area contributed by atoms with Crippen LogP contribution in [0.1, 0.15) is 31.4 Å². The largest absolute Gasteiger partial charge is 0.457 e. The van der Waals surface area contributed by atoms with Crippen LogP contribution < -0.4 is 21.5 Å². The van der Waals surface area contributed by atoms with E-state index in [9.17, 15) is 4.79 Å². The highest BCUT2D eigenvalue weighted by atomic mass is 16.5. The van der Waals surface area contributed by atoms with E-state index < -0.39 is 6.04 Å². The SMILES string of the molecule is CC(NC(=O)[C@@H](N)CCCN)c1ccc(Oc2ccccc2)cc1. The van der Waals surface area contributed by atoms with Crippen LogP contribution in [-0.4, -0.2) is 18.5 Å². The summed E-state index contributed by atoms with van der Waals surface area (Å²) in [7, 11) is 0. The number of nitrogens with one attached hydrogen (secondary N) is 1. The number of ether oxygens (including phenoxy) is 1. The van der Waals surface area contributed by atoms with E-state index >= 15 is 0 Å². The maximum Gasteiger partial charge on any atom is 0.237 e. The Bertz CT molecular complexity index is 629. The zero-order valence-electron chi connectivity index (χ0n) is 13.9. The Hall–Kier alpha value is -2.37. The van der Waals surface area contributed by atoms with Crippen molar-refractivity contribution >= 4 is 5.91 Å². The second-order valence-corrected chi connectivity index (χ2v) is 5.75. The third-order valence-electron chi connectivity index (χ3n) is 3.77. The molecule has 0 aliphatic rings. The lowest BCUT2D eigenvalue weighted by molar-refractivity contribution is -0.123. The fourth-order valence-corrected chi connectivity index (χ4v) is 2.32. The van der Waals surface area contributed by atoms with Crippen LogP contribution in [0.25, 0.3) is 0 Å². The van der Waals surface area contributed by atoms with Crippen molar-refractivity contribution in [2.24, 2.45) is 11.5 Å². The van der Waals surface area contributed by atoms with Gasteiger partial charge in [-0.15, -0.1) is 0 Å². The van der Waals surface area contributed by atoms with Crippen molar-refractivity contribution in [1.29, 1.82) is 0 Å². The smallest absolute Gasteiger partial charge is 0.237 e. The van der Waals surface area contributed by atoms with Crippen LogP contribution in [0.4, 0.5) is 0 Å². The van der Waals surface area contributed by atoms with Gasteiger partial charge in [0.05, 0.1) is 12.1 Å².